The van der Waals surface area contributed by atoms with Crippen molar-refractivity contribution in [1.82, 2.24) is 0 Å². The van der Waals surface area contributed by atoms with Crippen molar-refractivity contribution in [3.8, 4) is 11.1 Å². The Balaban J connectivity index is 2.70. The Morgan fingerprint density at radius 1 is 1.00 bits per heavy atom. The van der Waals surface area contributed by atoms with E-state index in [2.05, 4.69) is 4.99 Å². The molecule has 0 N–H and O–H groups in total. The molecule has 2 rings (SSSR count). The van der Waals surface area contributed by atoms with Gasteiger partial charge in [-0.25, -0.2) is 4.79 Å². The lowest BCUT2D eigenvalue weighted by Gasteiger charge is -2.09. The highest BCUT2D eigenvalue weighted by molar-refractivity contribution is 5.80. The van der Waals surface area contributed by atoms with Crippen LogP contribution in [0.25, 0.3) is 11.1 Å². The fraction of sp³-hybridized carbons (Fsp3) is 0.133. The van der Waals surface area contributed by atoms with Gasteiger partial charge < -0.3 is 0 Å². The number of aryl methyl sites for hydroxylation is 1. The molecule has 2 nitrogen and oxygen atoms in total. The van der Waals surface area contributed by atoms with Crippen molar-refractivity contribution in [1.29, 1.82) is 0 Å². The molecule has 0 unspecified atom stereocenters. The average Bonchev–Trinajstić information content (AvgIpc) is 2.36. The van der Waals surface area contributed by atoms with Crippen molar-refractivity contribution >= 4 is 11.8 Å². The maximum atomic E-state index is 10.5. The molecule has 0 bridgehead atoms. The first-order chi connectivity index (χ1) is 8.24. The van der Waals surface area contributed by atoms with Gasteiger partial charge in [-0.3, -0.25) is 0 Å². The van der Waals surface area contributed by atoms with Gasteiger partial charge >= 0.3 is 0 Å². The smallest absolute Gasteiger partial charge is 0.211 e. The topological polar surface area (TPSA) is 29.4 Å². The van der Waals surface area contributed by atoms with E-state index in [1.54, 1.807) is 6.08 Å². The van der Waals surface area contributed by atoms with E-state index >= 15 is 0 Å². The van der Waals surface area contributed by atoms with Crippen LogP contribution in [-0.2, 0) is 4.79 Å². The summed E-state index contributed by atoms with van der Waals surface area (Å²) >= 11 is 0. The Kier molecular flexibility index (Phi) is 3.17. The van der Waals surface area contributed by atoms with Crippen molar-refractivity contribution in [2.75, 3.05) is 0 Å². The van der Waals surface area contributed by atoms with Crippen molar-refractivity contribution < 1.29 is 4.79 Å². The van der Waals surface area contributed by atoms with E-state index < -0.39 is 0 Å². The lowest BCUT2D eigenvalue weighted by molar-refractivity contribution is 0.565. The minimum absolute atomic E-state index is 0.714. The molecule has 0 aliphatic carbocycles. The van der Waals surface area contributed by atoms with Gasteiger partial charge in [0.15, 0.2) is 0 Å². The lowest BCUT2D eigenvalue weighted by Crippen LogP contribution is -1.86. The summed E-state index contributed by atoms with van der Waals surface area (Å²) in [6.45, 7) is 3.98. The molecule has 2 aromatic rings. The number of nitrogens with zero attached hydrogens (tertiary/aromatic N) is 1. The second-order valence-corrected chi connectivity index (χ2v) is 3.97. The summed E-state index contributed by atoms with van der Waals surface area (Å²) in [5.41, 5.74) is 4.89. The van der Waals surface area contributed by atoms with Crippen LogP contribution in [0.3, 0.4) is 0 Å². The van der Waals surface area contributed by atoms with Crippen LogP contribution >= 0.6 is 0 Å². The second-order valence-electron chi connectivity index (χ2n) is 3.97. The minimum atomic E-state index is 0.714. The molecule has 2 aromatic carbocycles. The van der Waals surface area contributed by atoms with Crippen LogP contribution in [0.1, 0.15) is 11.1 Å². The molecule has 84 valence electrons. The number of aliphatic imine (C=N–C) groups is 1. The molecule has 0 heterocycles. The van der Waals surface area contributed by atoms with E-state index in [0.29, 0.717) is 5.69 Å². The number of rotatable bonds is 2. The molecule has 0 atom stereocenters. The first-order valence-corrected chi connectivity index (χ1v) is 5.47. The summed E-state index contributed by atoms with van der Waals surface area (Å²) in [4.78, 5) is 14.4. The Hall–Kier alpha value is -2.18. The number of carbonyl (C=O) groups excluding carboxylic acids is 1. The molecular formula is C15H13NO. The second kappa shape index (κ2) is 4.77. The van der Waals surface area contributed by atoms with Crippen LogP contribution in [0.4, 0.5) is 5.69 Å². The molecule has 0 aliphatic rings. The van der Waals surface area contributed by atoms with E-state index in [0.717, 1.165) is 22.3 Å². The predicted molar refractivity (Wildman–Crippen MR) is 69.1 cm³/mol. The van der Waals surface area contributed by atoms with Gasteiger partial charge in [0.25, 0.3) is 0 Å². The van der Waals surface area contributed by atoms with Crippen LogP contribution < -0.4 is 0 Å². The maximum absolute atomic E-state index is 10.5. The largest absolute Gasteiger partial charge is 0.240 e. The summed E-state index contributed by atoms with van der Waals surface area (Å²) in [5, 5.41) is 0. The molecule has 0 fully saturated rings. The van der Waals surface area contributed by atoms with Crippen molar-refractivity contribution in [3.63, 3.8) is 0 Å². The van der Waals surface area contributed by atoms with E-state index in [4.69, 9.17) is 0 Å². The van der Waals surface area contributed by atoms with Gasteiger partial charge in [0.1, 0.15) is 0 Å². The van der Waals surface area contributed by atoms with Gasteiger partial charge in [-0.05, 0) is 30.5 Å². The van der Waals surface area contributed by atoms with Gasteiger partial charge in [-0.1, -0.05) is 42.5 Å². The summed E-state index contributed by atoms with van der Waals surface area (Å²) < 4.78 is 0. The molecule has 0 saturated carbocycles. The van der Waals surface area contributed by atoms with Crippen LogP contribution in [0, 0.1) is 13.8 Å². The number of hydrogen-bond acceptors (Lipinski definition) is 2. The number of hydrogen-bond donors (Lipinski definition) is 0. The Morgan fingerprint density at radius 2 is 1.71 bits per heavy atom. The Morgan fingerprint density at radius 3 is 2.35 bits per heavy atom. The molecule has 0 aliphatic heterocycles. The number of isocyanates is 1. The third-order valence-electron chi connectivity index (χ3n) is 2.94. The molecule has 0 amide bonds. The molecule has 0 spiro atoms. The normalized spacial score (nSPS) is 9.76. The zero-order valence-corrected chi connectivity index (χ0v) is 9.90. The Labute approximate surface area is 101 Å². The standard InChI is InChI=1S/C15H13NO/c1-11-8-9-14(13-6-4-3-5-7-13)15(12(11)2)16-10-17/h3-9H,1-2H3. The molecule has 17 heavy (non-hydrogen) atoms. The SMILES string of the molecule is Cc1ccc(-c2ccccc2)c(N=C=O)c1C. The summed E-state index contributed by atoms with van der Waals surface area (Å²) in [6.07, 6.45) is 1.64. The van der Waals surface area contributed by atoms with Crippen molar-refractivity contribution in [2.45, 2.75) is 13.8 Å². The zero-order valence-electron chi connectivity index (χ0n) is 9.90. The summed E-state index contributed by atoms with van der Waals surface area (Å²) in [6, 6.07) is 14.0. The molecule has 0 aromatic heterocycles. The van der Waals surface area contributed by atoms with Gasteiger partial charge in [0.2, 0.25) is 6.08 Å². The lowest BCUT2D eigenvalue weighted by atomic mass is 9.98. The van der Waals surface area contributed by atoms with E-state index in [9.17, 15) is 4.79 Å². The van der Waals surface area contributed by atoms with Crippen LogP contribution in [0.2, 0.25) is 0 Å². The molecule has 2 heteroatoms. The van der Waals surface area contributed by atoms with Crippen LogP contribution in [-0.4, -0.2) is 6.08 Å². The molecular weight excluding hydrogens is 210 g/mol. The molecule has 0 saturated heterocycles. The number of benzene rings is 2. The van der Waals surface area contributed by atoms with Gasteiger partial charge in [0, 0.05) is 5.56 Å². The van der Waals surface area contributed by atoms with Crippen molar-refractivity contribution in [3.05, 3.63) is 53.6 Å². The fourth-order valence-electron chi connectivity index (χ4n) is 1.84. The highest BCUT2D eigenvalue weighted by Crippen LogP contribution is 2.34. The minimum Gasteiger partial charge on any atom is -0.211 e. The summed E-state index contributed by atoms with van der Waals surface area (Å²) in [7, 11) is 0. The first kappa shape index (κ1) is 11.3. The molecule has 0 radical (unpaired) electrons. The third-order valence-corrected chi connectivity index (χ3v) is 2.94. The van der Waals surface area contributed by atoms with E-state index in [1.165, 1.54) is 0 Å². The summed E-state index contributed by atoms with van der Waals surface area (Å²) in [5.74, 6) is 0. The van der Waals surface area contributed by atoms with E-state index in [-0.39, 0.29) is 0 Å². The Bertz CT molecular complexity index is 581. The predicted octanol–water partition coefficient (Wildman–Crippen LogP) is 3.94. The average molecular weight is 223 g/mol. The monoisotopic (exact) mass is 223 g/mol. The maximum Gasteiger partial charge on any atom is 0.240 e. The highest BCUT2D eigenvalue weighted by Gasteiger charge is 2.08. The van der Waals surface area contributed by atoms with Gasteiger partial charge in [-0.2, -0.15) is 4.99 Å². The van der Waals surface area contributed by atoms with Crippen molar-refractivity contribution in [2.24, 2.45) is 4.99 Å². The highest BCUT2D eigenvalue weighted by atomic mass is 16.1. The van der Waals surface area contributed by atoms with Gasteiger partial charge in [0.05, 0.1) is 5.69 Å². The van der Waals surface area contributed by atoms with E-state index in [1.807, 2.05) is 56.3 Å². The van der Waals surface area contributed by atoms with Gasteiger partial charge in [-0.15, -0.1) is 0 Å². The fourth-order valence-corrected chi connectivity index (χ4v) is 1.84. The third kappa shape index (κ3) is 2.17. The first-order valence-electron chi connectivity index (χ1n) is 5.47. The zero-order chi connectivity index (χ0) is 12.3. The van der Waals surface area contributed by atoms with Crippen LogP contribution in [0.15, 0.2) is 47.5 Å². The quantitative estimate of drug-likeness (QED) is 0.560. The van der Waals surface area contributed by atoms with Crippen LogP contribution in [0.5, 0.6) is 0 Å².